The summed E-state index contributed by atoms with van der Waals surface area (Å²) in [5, 5.41) is 0. The number of methoxy groups -OCH3 is 1. The lowest BCUT2D eigenvalue weighted by Crippen LogP contribution is -2.18. The molecule has 0 N–H and O–H groups in total. The first-order valence-electron chi connectivity index (χ1n) is 11.4. The zero-order valence-corrected chi connectivity index (χ0v) is 19.0. The van der Waals surface area contributed by atoms with Crippen molar-refractivity contribution in [2.45, 2.75) is 78.1 Å². The molecule has 0 fully saturated rings. The van der Waals surface area contributed by atoms with Crippen molar-refractivity contribution in [2.24, 2.45) is 5.92 Å². The van der Waals surface area contributed by atoms with E-state index < -0.39 is 11.9 Å². The lowest BCUT2D eigenvalue weighted by molar-refractivity contribution is 0.0392. The number of hydrogen-bond donors (Lipinski definition) is 0. The van der Waals surface area contributed by atoms with Crippen molar-refractivity contribution in [3.63, 3.8) is 0 Å². The summed E-state index contributed by atoms with van der Waals surface area (Å²) in [4.78, 5) is 28.8. The van der Waals surface area contributed by atoms with Crippen LogP contribution in [0, 0.1) is 5.92 Å². The lowest BCUT2D eigenvalue weighted by atomic mass is 9.99. The van der Waals surface area contributed by atoms with Gasteiger partial charge in [0.25, 0.3) is 0 Å². The number of hydrogen-bond acceptors (Lipinski definition) is 6. The lowest BCUT2D eigenvalue weighted by Gasteiger charge is -2.16. The predicted molar refractivity (Wildman–Crippen MR) is 118 cm³/mol. The van der Waals surface area contributed by atoms with Crippen molar-refractivity contribution < 1.29 is 23.8 Å². The minimum atomic E-state index is -0.512. The summed E-state index contributed by atoms with van der Waals surface area (Å²) in [6, 6.07) is 4.75. The van der Waals surface area contributed by atoms with Gasteiger partial charge in [-0.3, -0.25) is 0 Å². The third-order valence-corrected chi connectivity index (χ3v) is 5.04. The van der Waals surface area contributed by atoms with E-state index in [1.54, 1.807) is 25.3 Å². The van der Waals surface area contributed by atoms with Crippen LogP contribution in [0.5, 0.6) is 0 Å². The molecule has 0 bridgehead atoms. The molecule has 1 heterocycles. The van der Waals surface area contributed by atoms with E-state index in [2.05, 4.69) is 18.8 Å². The van der Waals surface area contributed by atoms with Gasteiger partial charge in [-0.25, -0.2) is 14.6 Å². The van der Waals surface area contributed by atoms with Crippen molar-refractivity contribution in [2.75, 3.05) is 26.9 Å². The van der Waals surface area contributed by atoms with Gasteiger partial charge in [-0.05, 0) is 37.3 Å². The second kappa shape index (κ2) is 16.8. The summed E-state index contributed by atoms with van der Waals surface area (Å²) in [6.07, 6.45) is 10.7. The quantitative estimate of drug-likeness (QED) is 0.241. The fourth-order valence-electron chi connectivity index (χ4n) is 3.15. The molecule has 0 aliphatic rings. The number of nitrogens with zero attached hydrogens (tertiary/aromatic N) is 1. The maximum atomic E-state index is 12.4. The van der Waals surface area contributed by atoms with E-state index in [-0.39, 0.29) is 17.3 Å². The summed E-state index contributed by atoms with van der Waals surface area (Å²) in [7, 11) is 1.68. The highest BCUT2D eigenvalue weighted by Gasteiger charge is 2.17. The number of unbranched alkanes of at least 4 members (excludes halogenated alkanes) is 6. The van der Waals surface area contributed by atoms with Crippen molar-refractivity contribution in [1.29, 1.82) is 0 Å². The Morgan fingerprint density at radius 3 is 2.13 bits per heavy atom. The van der Waals surface area contributed by atoms with Crippen LogP contribution in [0.2, 0.25) is 0 Å². The Balaban J connectivity index is 2.50. The zero-order valence-electron chi connectivity index (χ0n) is 19.0. The summed E-state index contributed by atoms with van der Waals surface area (Å²) < 4.78 is 15.9. The van der Waals surface area contributed by atoms with Crippen LogP contribution < -0.4 is 0 Å². The summed E-state index contributed by atoms with van der Waals surface area (Å²) >= 11 is 0. The molecule has 0 amide bonds. The minimum Gasteiger partial charge on any atom is -0.461 e. The number of carbonyl (C=O) groups excluding carboxylic acids is 2. The van der Waals surface area contributed by atoms with Gasteiger partial charge in [-0.2, -0.15) is 0 Å². The molecule has 1 unspecified atom stereocenters. The molecule has 0 radical (unpaired) electrons. The second-order valence-corrected chi connectivity index (χ2v) is 7.70. The summed E-state index contributed by atoms with van der Waals surface area (Å²) in [5.41, 5.74) is 0.267. The fraction of sp³-hybridized carbons (Fsp3) is 0.708. The van der Waals surface area contributed by atoms with Gasteiger partial charge in [-0.1, -0.05) is 64.9 Å². The van der Waals surface area contributed by atoms with Gasteiger partial charge in [-0.15, -0.1) is 0 Å². The smallest absolute Gasteiger partial charge is 0.356 e. The third kappa shape index (κ3) is 11.3. The molecule has 30 heavy (non-hydrogen) atoms. The molecule has 0 aliphatic carbocycles. The molecule has 0 saturated heterocycles. The van der Waals surface area contributed by atoms with Gasteiger partial charge >= 0.3 is 11.9 Å². The molecule has 0 aliphatic heterocycles. The average Bonchev–Trinajstić information content (AvgIpc) is 2.77. The topological polar surface area (TPSA) is 74.7 Å². The average molecular weight is 422 g/mol. The molecule has 1 rings (SSSR count). The van der Waals surface area contributed by atoms with E-state index in [1.165, 1.54) is 19.3 Å². The number of carbonyl (C=O) groups is 2. The monoisotopic (exact) mass is 421 g/mol. The SMILES string of the molecule is CCCCCCCOC(=O)c1cccc(C(=O)OCC(CCCCC)CCOC)n1. The third-order valence-electron chi connectivity index (χ3n) is 5.04. The van der Waals surface area contributed by atoms with Crippen LogP contribution >= 0.6 is 0 Å². The van der Waals surface area contributed by atoms with Gasteiger partial charge in [0.15, 0.2) is 0 Å². The van der Waals surface area contributed by atoms with Crippen LogP contribution in [0.3, 0.4) is 0 Å². The normalized spacial score (nSPS) is 11.8. The fourth-order valence-corrected chi connectivity index (χ4v) is 3.15. The Morgan fingerprint density at radius 2 is 1.47 bits per heavy atom. The summed E-state index contributed by atoms with van der Waals surface area (Å²) in [6.45, 7) is 5.68. The number of pyridine rings is 1. The molecular formula is C24H39NO5. The van der Waals surface area contributed by atoms with E-state index in [0.29, 0.717) is 19.8 Å². The number of aromatic nitrogens is 1. The zero-order chi connectivity index (χ0) is 22.0. The molecule has 1 aromatic heterocycles. The van der Waals surface area contributed by atoms with Crippen LogP contribution in [0.25, 0.3) is 0 Å². The number of ether oxygens (including phenoxy) is 3. The van der Waals surface area contributed by atoms with Crippen molar-refractivity contribution in [1.82, 2.24) is 4.98 Å². The van der Waals surface area contributed by atoms with Gasteiger partial charge in [0, 0.05) is 13.7 Å². The highest BCUT2D eigenvalue weighted by atomic mass is 16.5. The molecular weight excluding hydrogens is 382 g/mol. The van der Waals surface area contributed by atoms with Gasteiger partial charge < -0.3 is 14.2 Å². The molecule has 1 aromatic rings. The Bertz CT molecular complexity index is 605. The standard InChI is InChI=1S/C24H39NO5/c1-4-6-8-9-11-17-29-23(26)21-14-12-15-22(25-21)24(27)30-19-20(16-18-28-3)13-10-7-5-2/h12,14-15,20H,4-11,13,16-19H2,1-3H3. The molecule has 170 valence electrons. The van der Waals surface area contributed by atoms with E-state index in [4.69, 9.17) is 14.2 Å². The highest BCUT2D eigenvalue weighted by Crippen LogP contribution is 2.15. The van der Waals surface area contributed by atoms with Crippen LogP contribution in [0.15, 0.2) is 18.2 Å². The summed E-state index contributed by atoms with van der Waals surface area (Å²) in [5.74, 6) is -0.749. The first-order valence-corrected chi connectivity index (χ1v) is 11.4. The Kier molecular flexibility index (Phi) is 14.6. The molecule has 6 heteroatoms. The van der Waals surface area contributed by atoms with Crippen LogP contribution in [-0.2, 0) is 14.2 Å². The first-order chi connectivity index (χ1) is 14.6. The Hall–Kier alpha value is -1.95. The van der Waals surface area contributed by atoms with E-state index >= 15 is 0 Å². The minimum absolute atomic E-state index is 0.131. The maximum absolute atomic E-state index is 12.4. The van der Waals surface area contributed by atoms with Crippen molar-refractivity contribution >= 4 is 11.9 Å². The molecule has 6 nitrogen and oxygen atoms in total. The van der Waals surface area contributed by atoms with Crippen LogP contribution in [0.1, 0.15) is 99.0 Å². The Morgan fingerprint density at radius 1 is 0.833 bits per heavy atom. The maximum Gasteiger partial charge on any atom is 0.356 e. The van der Waals surface area contributed by atoms with Gasteiger partial charge in [0.05, 0.1) is 13.2 Å². The first kappa shape index (κ1) is 26.1. The van der Waals surface area contributed by atoms with E-state index in [0.717, 1.165) is 44.9 Å². The molecule has 0 saturated carbocycles. The molecule has 0 spiro atoms. The van der Waals surface area contributed by atoms with Crippen LogP contribution in [-0.4, -0.2) is 43.9 Å². The van der Waals surface area contributed by atoms with Crippen molar-refractivity contribution in [3.05, 3.63) is 29.6 Å². The molecule has 0 aromatic carbocycles. The number of esters is 2. The van der Waals surface area contributed by atoms with Gasteiger partial charge in [0.1, 0.15) is 11.4 Å². The number of rotatable bonds is 17. The van der Waals surface area contributed by atoms with Crippen LogP contribution in [0.4, 0.5) is 0 Å². The molecule has 1 atom stereocenters. The predicted octanol–water partition coefficient (Wildman–Crippen LogP) is 5.60. The highest BCUT2D eigenvalue weighted by molar-refractivity contribution is 5.91. The second-order valence-electron chi connectivity index (χ2n) is 7.70. The van der Waals surface area contributed by atoms with E-state index in [1.807, 2.05) is 0 Å². The van der Waals surface area contributed by atoms with Gasteiger partial charge in [0.2, 0.25) is 0 Å². The Labute approximate surface area is 181 Å². The van der Waals surface area contributed by atoms with Crippen molar-refractivity contribution in [3.8, 4) is 0 Å². The van der Waals surface area contributed by atoms with E-state index in [9.17, 15) is 9.59 Å². The largest absolute Gasteiger partial charge is 0.461 e.